The number of nitrogens with zero attached hydrogens (tertiary/aromatic N) is 1. The fourth-order valence-corrected chi connectivity index (χ4v) is 2.28. The maximum atomic E-state index is 5.73. The quantitative estimate of drug-likeness (QED) is 0.735. The van der Waals surface area contributed by atoms with Crippen molar-refractivity contribution < 1.29 is 4.74 Å². The normalized spacial score (nSPS) is 31.7. The first-order valence-electron chi connectivity index (χ1n) is 5.71. The van der Waals surface area contributed by atoms with Gasteiger partial charge in [-0.25, -0.2) is 0 Å². The lowest BCUT2D eigenvalue weighted by Crippen LogP contribution is -2.52. The Bertz CT molecular complexity index is 153. The SMILES string of the molecule is CCC(CNC)N1C[C@@H](C)O[C@@H](C)C1. The van der Waals surface area contributed by atoms with Gasteiger partial charge in [0.25, 0.3) is 0 Å². The first-order valence-corrected chi connectivity index (χ1v) is 5.71. The summed E-state index contributed by atoms with van der Waals surface area (Å²) in [5.74, 6) is 0. The molecule has 84 valence electrons. The Morgan fingerprint density at radius 3 is 2.36 bits per heavy atom. The van der Waals surface area contributed by atoms with Crippen molar-refractivity contribution >= 4 is 0 Å². The van der Waals surface area contributed by atoms with E-state index >= 15 is 0 Å². The van der Waals surface area contributed by atoms with Crippen LogP contribution in [-0.4, -0.2) is 49.8 Å². The molecule has 0 saturated carbocycles. The van der Waals surface area contributed by atoms with Gasteiger partial charge in [0.2, 0.25) is 0 Å². The van der Waals surface area contributed by atoms with E-state index in [0.717, 1.165) is 19.6 Å². The van der Waals surface area contributed by atoms with Gasteiger partial charge in [0.15, 0.2) is 0 Å². The summed E-state index contributed by atoms with van der Waals surface area (Å²) in [7, 11) is 2.02. The molecule has 0 spiro atoms. The second-order valence-corrected chi connectivity index (χ2v) is 4.33. The minimum absolute atomic E-state index is 0.379. The monoisotopic (exact) mass is 200 g/mol. The first-order chi connectivity index (χ1) is 6.67. The summed E-state index contributed by atoms with van der Waals surface area (Å²) in [6.07, 6.45) is 1.97. The fraction of sp³-hybridized carbons (Fsp3) is 1.00. The van der Waals surface area contributed by atoms with E-state index in [1.54, 1.807) is 0 Å². The molecule has 0 aliphatic carbocycles. The van der Waals surface area contributed by atoms with Crippen molar-refractivity contribution in [1.29, 1.82) is 0 Å². The molecule has 0 aromatic rings. The van der Waals surface area contributed by atoms with Crippen LogP contribution in [-0.2, 0) is 4.74 Å². The summed E-state index contributed by atoms with van der Waals surface area (Å²) >= 11 is 0. The molecule has 1 aliphatic heterocycles. The van der Waals surface area contributed by atoms with Crippen LogP contribution in [0.1, 0.15) is 27.2 Å². The van der Waals surface area contributed by atoms with E-state index in [-0.39, 0.29) is 0 Å². The average molecular weight is 200 g/mol. The highest BCUT2D eigenvalue weighted by atomic mass is 16.5. The van der Waals surface area contributed by atoms with Gasteiger partial charge in [-0.15, -0.1) is 0 Å². The van der Waals surface area contributed by atoms with Crippen LogP contribution in [0, 0.1) is 0 Å². The van der Waals surface area contributed by atoms with Gasteiger partial charge in [-0.2, -0.15) is 0 Å². The highest BCUT2D eigenvalue weighted by molar-refractivity contribution is 4.80. The van der Waals surface area contributed by atoms with Crippen LogP contribution in [0.3, 0.4) is 0 Å². The van der Waals surface area contributed by atoms with E-state index in [1.807, 2.05) is 7.05 Å². The van der Waals surface area contributed by atoms with Crippen LogP contribution < -0.4 is 5.32 Å². The van der Waals surface area contributed by atoms with Crippen molar-refractivity contribution in [1.82, 2.24) is 10.2 Å². The molecule has 0 aromatic carbocycles. The molecule has 1 fully saturated rings. The second kappa shape index (κ2) is 5.69. The van der Waals surface area contributed by atoms with E-state index < -0.39 is 0 Å². The summed E-state index contributed by atoms with van der Waals surface area (Å²) in [6.45, 7) is 9.81. The molecule has 1 unspecified atom stereocenters. The van der Waals surface area contributed by atoms with Crippen LogP contribution in [0.2, 0.25) is 0 Å². The molecule has 0 amide bonds. The predicted molar refractivity (Wildman–Crippen MR) is 59.6 cm³/mol. The van der Waals surface area contributed by atoms with E-state index in [9.17, 15) is 0 Å². The van der Waals surface area contributed by atoms with Crippen LogP contribution in [0.4, 0.5) is 0 Å². The van der Waals surface area contributed by atoms with Crippen molar-refractivity contribution in [3.8, 4) is 0 Å². The minimum Gasteiger partial charge on any atom is -0.373 e. The van der Waals surface area contributed by atoms with Gasteiger partial charge < -0.3 is 10.1 Å². The van der Waals surface area contributed by atoms with Gasteiger partial charge in [0, 0.05) is 25.7 Å². The van der Waals surface area contributed by atoms with Gasteiger partial charge in [-0.1, -0.05) is 6.92 Å². The lowest BCUT2D eigenvalue weighted by atomic mass is 10.1. The van der Waals surface area contributed by atoms with Crippen LogP contribution in [0.5, 0.6) is 0 Å². The van der Waals surface area contributed by atoms with Crippen molar-refractivity contribution in [3.05, 3.63) is 0 Å². The maximum Gasteiger partial charge on any atom is 0.0678 e. The van der Waals surface area contributed by atoms with E-state index in [0.29, 0.717) is 18.2 Å². The van der Waals surface area contributed by atoms with Gasteiger partial charge in [0.05, 0.1) is 12.2 Å². The van der Waals surface area contributed by atoms with E-state index in [2.05, 4.69) is 31.0 Å². The third-order valence-electron chi connectivity index (χ3n) is 2.88. The number of morpholine rings is 1. The highest BCUT2D eigenvalue weighted by Crippen LogP contribution is 2.14. The molecule has 3 heteroatoms. The summed E-state index contributed by atoms with van der Waals surface area (Å²) in [5.41, 5.74) is 0. The number of nitrogens with one attached hydrogen (secondary N) is 1. The molecule has 3 atom stereocenters. The van der Waals surface area contributed by atoms with Gasteiger partial charge in [-0.05, 0) is 27.3 Å². The lowest BCUT2D eigenvalue weighted by Gasteiger charge is -2.40. The first kappa shape index (κ1) is 12.0. The van der Waals surface area contributed by atoms with Crippen molar-refractivity contribution in [3.63, 3.8) is 0 Å². The Labute approximate surface area is 87.8 Å². The zero-order valence-corrected chi connectivity index (χ0v) is 9.92. The molecule has 1 heterocycles. The molecule has 1 N–H and O–H groups in total. The molecular formula is C11H24N2O. The minimum atomic E-state index is 0.379. The third-order valence-corrected chi connectivity index (χ3v) is 2.88. The molecule has 1 aliphatic rings. The Morgan fingerprint density at radius 2 is 1.93 bits per heavy atom. The summed E-state index contributed by atoms with van der Waals surface area (Å²) < 4.78 is 5.73. The predicted octanol–water partition coefficient (Wildman–Crippen LogP) is 1.09. The zero-order chi connectivity index (χ0) is 10.6. The van der Waals surface area contributed by atoms with Gasteiger partial charge in [-0.3, -0.25) is 4.90 Å². The van der Waals surface area contributed by atoms with Crippen molar-refractivity contribution in [2.75, 3.05) is 26.7 Å². The third kappa shape index (κ3) is 3.23. The Kier molecular flexibility index (Phi) is 4.85. The molecule has 1 rings (SSSR count). The second-order valence-electron chi connectivity index (χ2n) is 4.33. The number of ether oxygens (including phenoxy) is 1. The summed E-state index contributed by atoms with van der Waals surface area (Å²) in [6, 6.07) is 0.661. The molecule has 3 nitrogen and oxygen atoms in total. The van der Waals surface area contributed by atoms with Crippen LogP contribution in [0.15, 0.2) is 0 Å². The van der Waals surface area contributed by atoms with Crippen molar-refractivity contribution in [2.24, 2.45) is 0 Å². The van der Waals surface area contributed by atoms with Crippen molar-refractivity contribution in [2.45, 2.75) is 45.4 Å². The Balaban J connectivity index is 2.47. The fourth-order valence-electron chi connectivity index (χ4n) is 2.28. The van der Waals surface area contributed by atoms with E-state index in [4.69, 9.17) is 4.74 Å². The van der Waals surface area contributed by atoms with Gasteiger partial charge >= 0.3 is 0 Å². The molecule has 0 radical (unpaired) electrons. The average Bonchev–Trinajstić information content (AvgIpc) is 2.12. The molecule has 14 heavy (non-hydrogen) atoms. The largest absolute Gasteiger partial charge is 0.373 e. The number of hydrogen-bond donors (Lipinski definition) is 1. The molecule has 0 aromatic heterocycles. The standard InChI is InChI=1S/C11H24N2O/c1-5-11(6-12-4)13-7-9(2)14-10(3)8-13/h9-12H,5-8H2,1-4H3/t9-,10+,11?. The Hall–Kier alpha value is -0.120. The van der Waals surface area contributed by atoms with Crippen LogP contribution >= 0.6 is 0 Å². The molecular weight excluding hydrogens is 176 g/mol. The molecule has 1 saturated heterocycles. The zero-order valence-electron chi connectivity index (χ0n) is 9.92. The highest BCUT2D eigenvalue weighted by Gasteiger charge is 2.26. The van der Waals surface area contributed by atoms with Crippen LogP contribution in [0.25, 0.3) is 0 Å². The smallest absolute Gasteiger partial charge is 0.0678 e. The van der Waals surface area contributed by atoms with E-state index in [1.165, 1.54) is 6.42 Å². The summed E-state index contributed by atoms with van der Waals surface area (Å²) in [4.78, 5) is 2.55. The topological polar surface area (TPSA) is 24.5 Å². The molecule has 0 bridgehead atoms. The maximum absolute atomic E-state index is 5.73. The number of hydrogen-bond acceptors (Lipinski definition) is 3. The number of likely N-dealkylation sites (N-methyl/N-ethyl adjacent to an activating group) is 1. The lowest BCUT2D eigenvalue weighted by molar-refractivity contribution is -0.0802. The number of rotatable bonds is 4. The Morgan fingerprint density at radius 1 is 1.36 bits per heavy atom. The summed E-state index contributed by atoms with van der Waals surface area (Å²) in [5, 5.41) is 3.26. The van der Waals surface area contributed by atoms with Gasteiger partial charge in [0.1, 0.15) is 0 Å².